The van der Waals surface area contributed by atoms with Crippen LogP contribution in [-0.2, 0) is 0 Å². The molecule has 2 aromatic carbocycles. The van der Waals surface area contributed by atoms with Gasteiger partial charge in [-0.15, -0.1) is 0 Å². The molecule has 0 aliphatic heterocycles. The van der Waals surface area contributed by atoms with Gasteiger partial charge in [-0.3, -0.25) is 4.79 Å². The van der Waals surface area contributed by atoms with Crippen LogP contribution in [0.25, 0.3) is 16.5 Å². The van der Waals surface area contributed by atoms with E-state index in [9.17, 15) is 4.79 Å². The summed E-state index contributed by atoms with van der Waals surface area (Å²) in [6, 6.07) is 14.5. The van der Waals surface area contributed by atoms with Gasteiger partial charge >= 0.3 is 0 Å². The molecule has 0 fully saturated rings. The first-order chi connectivity index (χ1) is 8.75. The number of hydrogen-bond donors (Lipinski definition) is 0. The maximum absolute atomic E-state index is 12.3. The van der Waals surface area contributed by atoms with Crippen LogP contribution in [0.5, 0.6) is 0 Å². The Hall–Kier alpha value is -2.13. The Morgan fingerprint density at radius 1 is 1.06 bits per heavy atom. The van der Waals surface area contributed by atoms with E-state index in [-0.39, 0.29) is 5.56 Å². The largest absolute Gasteiger partial charge is 0.279 e. The van der Waals surface area contributed by atoms with Gasteiger partial charge in [-0.1, -0.05) is 29.8 Å². The van der Waals surface area contributed by atoms with Crippen LogP contribution in [-0.4, -0.2) is 9.78 Å². The molecule has 0 aliphatic carbocycles. The lowest BCUT2D eigenvalue weighted by molar-refractivity contribution is 0.821. The Kier molecular flexibility index (Phi) is 2.61. The van der Waals surface area contributed by atoms with E-state index in [0.29, 0.717) is 10.4 Å². The number of fused-ring (bicyclic) bond motifs is 1. The van der Waals surface area contributed by atoms with E-state index in [4.69, 9.17) is 11.6 Å². The number of hydrogen-bond acceptors (Lipinski definition) is 2. The SMILES string of the molecule is O=c1c2ccc(Cl)cc2cnn1-c1ccccc1. The lowest BCUT2D eigenvalue weighted by atomic mass is 10.2. The van der Waals surface area contributed by atoms with Gasteiger partial charge < -0.3 is 0 Å². The highest BCUT2D eigenvalue weighted by Gasteiger charge is 2.05. The summed E-state index contributed by atoms with van der Waals surface area (Å²) >= 11 is 5.89. The molecule has 88 valence electrons. The van der Waals surface area contributed by atoms with E-state index in [1.165, 1.54) is 4.68 Å². The standard InChI is InChI=1S/C14H9ClN2O/c15-11-6-7-13-10(8-11)9-16-17(14(13)18)12-4-2-1-3-5-12/h1-9H. The van der Waals surface area contributed by atoms with Gasteiger partial charge in [0.15, 0.2) is 0 Å². The van der Waals surface area contributed by atoms with Gasteiger partial charge in [-0.05, 0) is 30.3 Å². The van der Waals surface area contributed by atoms with Crippen molar-refractivity contribution in [1.29, 1.82) is 0 Å². The highest BCUT2D eigenvalue weighted by atomic mass is 35.5. The average Bonchev–Trinajstić information content (AvgIpc) is 2.40. The van der Waals surface area contributed by atoms with Crippen molar-refractivity contribution in [2.45, 2.75) is 0 Å². The van der Waals surface area contributed by atoms with Crippen molar-refractivity contribution < 1.29 is 0 Å². The molecule has 0 spiro atoms. The van der Waals surface area contributed by atoms with Crippen molar-refractivity contribution in [3.05, 3.63) is 70.1 Å². The third-order valence-electron chi connectivity index (χ3n) is 2.75. The summed E-state index contributed by atoms with van der Waals surface area (Å²) in [4.78, 5) is 12.3. The Morgan fingerprint density at radius 2 is 1.83 bits per heavy atom. The van der Waals surface area contributed by atoms with Crippen LogP contribution in [0.3, 0.4) is 0 Å². The van der Waals surface area contributed by atoms with Gasteiger partial charge in [0.1, 0.15) is 0 Å². The molecule has 1 heterocycles. The Morgan fingerprint density at radius 3 is 2.61 bits per heavy atom. The number of benzene rings is 2. The van der Waals surface area contributed by atoms with Crippen molar-refractivity contribution in [1.82, 2.24) is 9.78 Å². The van der Waals surface area contributed by atoms with Gasteiger partial charge in [-0.2, -0.15) is 9.78 Å². The lowest BCUT2D eigenvalue weighted by Gasteiger charge is -2.05. The zero-order chi connectivity index (χ0) is 12.5. The molecule has 4 heteroatoms. The van der Waals surface area contributed by atoms with Gasteiger partial charge in [0.2, 0.25) is 0 Å². The molecule has 0 saturated heterocycles. The van der Waals surface area contributed by atoms with Crippen LogP contribution in [0.1, 0.15) is 0 Å². The van der Waals surface area contributed by atoms with Crippen LogP contribution in [0, 0.1) is 0 Å². The van der Waals surface area contributed by atoms with E-state index in [1.54, 1.807) is 24.4 Å². The highest BCUT2D eigenvalue weighted by molar-refractivity contribution is 6.31. The van der Waals surface area contributed by atoms with Crippen molar-refractivity contribution >= 4 is 22.4 Å². The highest BCUT2D eigenvalue weighted by Crippen LogP contribution is 2.16. The number of rotatable bonds is 1. The van der Waals surface area contributed by atoms with Crippen LogP contribution < -0.4 is 5.56 Å². The molecule has 0 aliphatic rings. The van der Waals surface area contributed by atoms with Crippen molar-refractivity contribution in [2.75, 3.05) is 0 Å². The van der Waals surface area contributed by atoms with E-state index >= 15 is 0 Å². The van der Waals surface area contributed by atoms with E-state index < -0.39 is 0 Å². The fraction of sp³-hybridized carbons (Fsp3) is 0. The molecule has 0 saturated carbocycles. The van der Waals surface area contributed by atoms with Crippen LogP contribution in [0.2, 0.25) is 5.02 Å². The third-order valence-corrected chi connectivity index (χ3v) is 2.98. The predicted octanol–water partition coefficient (Wildman–Crippen LogP) is 3.04. The molecular formula is C14H9ClN2O. The second-order valence-electron chi connectivity index (χ2n) is 3.93. The molecule has 0 bridgehead atoms. The van der Waals surface area contributed by atoms with E-state index in [2.05, 4.69) is 5.10 Å². The quantitative estimate of drug-likeness (QED) is 0.671. The summed E-state index contributed by atoms with van der Waals surface area (Å²) in [5.74, 6) is 0. The summed E-state index contributed by atoms with van der Waals surface area (Å²) in [6.07, 6.45) is 1.65. The maximum Gasteiger partial charge on any atom is 0.279 e. The first kappa shape index (κ1) is 11.0. The molecule has 1 aromatic heterocycles. The monoisotopic (exact) mass is 256 g/mol. The fourth-order valence-electron chi connectivity index (χ4n) is 1.87. The molecule has 3 aromatic rings. The topological polar surface area (TPSA) is 34.9 Å². The third kappa shape index (κ3) is 1.79. The number of aromatic nitrogens is 2. The Bertz CT molecular complexity index is 766. The van der Waals surface area contributed by atoms with Gasteiger partial charge in [0.25, 0.3) is 5.56 Å². The summed E-state index contributed by atoms with van der Waals surface area (Å²) in [6.45, 7) is 0. The summed E-state index contributed by atoms with van der Waals surface area (Å²) in [5.41, 5.74) is 0.606. The molecule has 0 N–H and O–H groups in total. The molecule has 0 unspecified atom stereocenters. The zero-order valence-electron chi connectivity index (χ0n) is 9.38. The van der Waals surface area contributed by atoms with Crippen LogP contribution >= 0.6 is 11.6 Å². The smallest absolute Gasteiger partial charge is 0.267 e. The van der Waals surface area contributed by atoms with Crippen molar-refractivity contribution in [3.8, 4) is 5.69 Å². The predicted molar refractivity (Wildman–Crippen MR) is 72.4 cm³/mol. The molecule has 0 atom stereocenters. The van der Waals surface area contributed by atoms with Crippen LogP contribution in [0.4, 0.5) is 0 Å². The van der Waals surface area contributed by atoms with Crippen molar-refractivity contribution in [2.24, 2.45) is 0 Å². The summed E-state index contributed by atoms with van der Waals surface area (Å²) in [5, 5.41) is 6.12. The minimum absolute atomic E-state index is 0.143. The zero-order valence-corrected chi connectivity index (χ0v) is 10.1. The van der Waals surface area contributed by atoms with Gasteiger partial charge in [0, 0.05) is 10.4 Å². The van der Waals surface area contributed by atoms with Crippen molar-refractivity contribution in [3.63, 3.8) is 0 Å². The minimum atomic E-state index is -0.143. The van der Waals surface area contributed by atoms with E-state index in [0.717, 1.165) is 11.1 Å². The number of halogens is 1. The van der Waals surface area contributed by atoms with Gasteiger partial charge in [0.05, 0.1) is 17.3 Å². The van der Waals surface area contributed by atoms with E-state index in [1.807, 2.05) is 30.3 Å². The lowest BCUT2D eigenvalue weighted by Crippen LogP contribution is -2.20. The second kappa shape index (κ2) is 4.27. The second-order valence-corrected chi connectivity index (χ2v) is 4.37. The Labute approximate surface area is 108 Å². The summed E-state index contributed by atoms with van der Waals surface area (Å²) < 4.78 is 1.39. The van der Waals surface area contributed by atoms with Gasteiger partial charge in [-0.25, -0.2) is 0 Å². The molecular weight excluding hydrogens is 248 g/mol. The first-order valence-electron chi connectivity index (χ1n) is 5.49. The number of para-hydroxylation sites is 1. The normalized spacial score (nSPS) is 10.7. The number of nitrogens with zero attached hydrogens (tertiary/aromatic N) is 2. The summed E-state index contributed by atoms with van der Waals surface area (Å²) in [7, 11) is 0. The molecule has 0 amide bonds. The first-order valence-corrected chi connectivity index (χ1v) is 5.86. The minimum Gasteiger partial charge on any atom is -0.267 e. The average molecular weight is 257 g/mol. The molecule has 18 heavy (non-hydrogen) atoms. The molecule has 0 radical (unpaired) electrons. The Balaban J connectivity index is 2.31. The van der Waals surface area contributed by atoms with Crippen LogP contribution in [0.15, 0.2) is 59.5 Å². The maximum atomic E-state index is 12.3. The molecule has 3 nitrogen and oxygen atoms in total. The molecule has 3 rings (SSSR count). The fourth-order valence-corrected chi connectivity index (χ4v) is 2.06.